The number of benzene rings is 2. The molecule has 0 aliphatic heterocycles. The maximum absolute atomic E-state index is 12.0. The Morgan fingerprint density at radius 2 is 1.50 bits per heavy atom. The Balaban J connectivity index is 1.91. The number of unbranched alkanes of at least 4 members (excludes halogenated alkanes) is 3. The SMILES string of the molecule is CCCCCCOc1ccc(-c2ccc(C(=O)O[C@@H](C)CC)cc2)cc1. The Labute approximate surface area is 157 Å². The zero-order valence-electron chi connectivity index (χ0n) is 16.2. The van der Waals surface area contributed by atoms with Gasteiger partial charge in [0.15, 0.2) is 0 Å². The topological polar surface area (TPSA) is 35.5 Å². The third kappa shape index (κ3) is 6.21. The smallest absolute Gasteiger partial charge is 0.338 e. The van der Waals surface area contributed by atoms with Crippen LogP contribution in [0.4, 0.5) is 0 Å². The number of carbonyl (C=O) groups excluding carboxylic acids is 1. The summed E-state index contributed by atoms with van der Waals surface area (Å²) in [6.07, 6.45) is 5.59. The molecule has 0 aromatic heterocycles. The molecule has 0 aliphatic rings. The van der Waals surface area contributed by atoms with Crippen molar-refractivity contribution < 1.29 is 14.3 Å². The fourth-order valence-corrected chi connectivity index (χ4v) is 2.60. The van der Waals surface area contributed by atoms with Crippen molar-refractivity contribution in [3.63, 3.8) is 0 Å². The number of ether oxygens (including phenoxy) is 2. The van der Waals surface area contributed by atoms with Gasteiger partial charge < -0.3 is 9.47 Å². The van der Waals surface area contributed by atoms with Gasteiger partial charge in [0.25, 0.3) is 0 Å². The molecule has 3 nitrogen and oxygen atoms in total. The summed E-state index contributed by atoms with van der Waals surface area (Å²) in [5, 5.41) is 0. The molecule has 2 aromatic rings. The molecular formula is C23H30O3. The summed E-state index contributed by atoms with van der Waals surface area (Å²) in [5.41, 5.74) is 2.76. The highest BCUT2D eigenvalue weighted by atomic mass is 16.5. The Morgan fingerprint density at radius 3 is 2.08 bits per heavy atom. The van der Waals surface area contributed by atoms with Crippen LogP contribution in [0.5, 0.6) is 5.75 Å². The number of esters is 1. The van der Waals surface area contributed by atoms with Crippen LogP contribution in [0.2, 0.25) is 0 Å². The average Bonchev–Trinajstić information content (AvgIpc) is 2.68. The largest absolute Gasteiger partial charge is 0.494 e. The Kier molecular flexibility index (Phi) is 8.20. The summed E-state index contributed by atoms with van der Waals surface area (Å²) in [5.74, 6) is 0.636. The number of rotatable bonds is 10. The molecule has 0 aliphatic carbocycles. The molecule has 0 unspecified atom stereocenters. The molecule has 140 valence electrons. The van der Waals surface area contributed by atoms with Crippen LogP contribution >= 0.6 is 0 Å². The van der Waals surface area contributed by atoms with E-state index in [0.717, 1.165) is 36.3 Å². The van der Waals surface area contributed by atoms with E-state index in [1.807, 2.05) is 62.4 Å². The molecular weight excluding hydrogens is 324 g/mol. The second-order valence-electron chi connectivity index (χ2n) is 6.64. The van der Waals surface area contributed by atoms with Crippen molar-refractivity contribution in [1.82, 2.24) is 0 Å². The van der Waals surface area contributed by atoms with Crippen molar-refractivity contribution >= 4 is 5.97 Å². The van der Waals surface area contributed by atoms with E-state index in [-0.39, 0.29) is 12.1 Å². The summed E-state index contributed by atoms with van der Waals surface area (Å²) in [7, 11) is 0. The first-order valence-electron chi connectivity index (χ1n) is 9.68. The first kappa shape index (κ1) is 20.0. The fraction of sp³-hybridized carbons (Fsp3) is 0.435. The number of hydrogen-bond acceptors (Lipinski definition) is 3. The highest BCUT2D eigenvalue weighted by Gasteiger charge is 2.10. The molecule has 0 amide bonds. The van der Waals surface area contributed by atoms with Gasteiger partial charge in [-0.2, -0.15) is 0 Å². The van der Waals surface area contributed by atoms with Gasteiger partial charge in [-0.05, 0) is 55.2 Å². The summed E-state index contributed by atoms with van der Waals surface area (Å²) in [4.78, 5) is 12.0. The van der Waals surface area contributed by atoms with Crippen molar-refractivity contribution in [3.8, 4) is 16.9 Å². The lowest BCUT2D eigenvalue weighted by Gasteiger charge is -2.11. The quantitative estimate of drug-likeness (QED) is 0.373. The standard InChI is InChI=1S/C23H30O3/c1-4-6-7-8-17-25-22-15-13-20(14-16-22)19-9-11-21(12-10-19)23(24)26-18(3)5-2/h9-16,18H,4-8,17H2,1-3H3/t18-/m0/s1. The van der Waals surface area contributed by atoms with Gasteiger partial charge in [-0.3, -0.25) is 0 Å². The van der Waals surface area contributed by atoms with E-state index in [1.54, 1.807) is 0 Å². The van der Waals surface area contributed by atoms with Gasteiger partial charge in [-0.1, -0.05) is 57.4 Å². The van der Waals surface area contributed by atoms with Crippen LogP contribution in [-0.2, 0) is 4.74 Å². The van der Waals surface area contributed by atoms with Crippen molar-refractivity contribution in [2.75, 3.05) is 6.61 Å². The minimum Gasteiger partial charge on any atom is -0.494 e. The van der Waals surface area contributed by atoms with E-state index < -0.39 is 0 Å². The zero-order valence-corrected chi connectivity index (χ0v) is 16.2. The van der Waals surface area contributed by atoms with E-state index in [2.05, 4.69) is 6.92 Å². The molecule has 0 heterocycles. The average molecular weight is 354 g/mol. The summed E-state index contributed by atoms with van der Waals surface area (Å²) in [6, 6.07) is 15.6. The molecule has 0 radical (unpaired) electrons. The predicted molar refractivity (Wildman–Crippen MR) is 107 cm³/mol. The van der Waals surface area contributed by atoms with E-state index >= 15 is 0 Å². The number of hydrogen-bond donors (Lipinski definition) is 0. The molecule has 0 bridgehead atoms. The van der Waals surface area contributed by atoms with E-state index in [9.17, 15) is 4.79 Å². The van der Waals surface area contributed by atoms with Gasteiger partial charge in [-0.15, -0.1) is 0 Å². The first-order chi connectivity index (χ1) is 12.6. The zero-order chi connectivity index (χ0) is 18.8. The second-order valence-corrected chi connectivity index (χ2v) is 6.64. The van der Waals surface area contributed by atoms with Gasteiger partial charge in [0.05, 0.1) is 18.3 Å². The number of carbonyl (C=O) groups is 1. The van der Waals surface area contributed by atoms with Gasteiger partial charge in [0.1, 0.15) is 5.75 Å². The van der Waals surface area contributed by atoms with E-state index in [4.69, 9.17) is 9.47 Å². The fourth-order valence-electron chi connectivity index (χ4n) is 2.60. The third-order valence-corrected chi connectivity index (χ3v) is 4.46. The minimum absolute atomic E-state index is 0.0586. The lowest BCUT2D eigenvalue weighted by Crippen LogP contribution is -2.13. The maximum Gasteiger partial charge on any atom is 0.338 e. The molecule has 0 N–H and O–H groups in total. The summed E-state index contributed by atoms with van der Waals surface area (Å²) >= 11 is 0. The predicted octanol–water partition coefficient (Wildman–Crippen LogP) is 6.27. The van der Waals surface area contributed by atoms with Gasteiger partial charge in [0, 0.05) is 0 Å². The highest BCUT2D eigenvalue weighted by molar-refractivity contribution is 5.90. The van der Waals surface area contributed by atoms with Crippen LogP contribution in [-0.4, -0.2) is 18.7 Å². The Hall–Kier alpha value is -2.29. The van der Waals surface area contributed by atoms with E-state index in [1.165, 1.54) is 19.3 Å². The summed E-state index contributed by atoms with van der Waals surface area (Å²) in [6.45, 7) is 6.88. The molecule has 0 spiro atoms. The first-order valence-corrected chi connectivity index (χ1v) is 9.68. The normalized spacial score (nSPS) is 11.8. The van der Waals surface area contributed by atoms with E-state index in [0.29, 0.717) is 5.56 Å². The van der Waals surface area contributed by atoms with Crippen LogP contribution in [0.3, 0.4) is 0 Å². The Bertz CT molecular complexity index is 659. The molecule has 1 atom stereocenters. The minimum atomic E-state index is -0.266. The van der Waals surface area contributed by atoms with Crippen molar-refractivity contribution in [2.24, 2.45) is 0 Å². The molecule has 0 saturated heterocycles. The second kappa shape index (κ2) is 10.6. The summed E-state index contributed by atoms with van der Waals surface area (Å²) < 4.78 is 11.1. The van der Waals surface area contributed by atoms with Crippen LogP contribution in [0.25, 0.3) is 11.1 Å². The molecule has 26 heavy (non-hydrogen) atoms. The monoisotopic (exact) mass is 354 g/mol. The lowest BCUT2D eigenvalue weighted by molar-refractivity contribution is 0.0334. The maximum atomic E-state index is 12.0. The Morgan fingerprint density at radius 1 is 0.885 bits per heavy atom. The molecule has 2 aromatic carbocycles. The highest BCUT2D eigenvalue weighted by Crippen LogP contribution is 2.23. The van der Waals surface area contributed by atoms with Gasteiger partial charge in [-0.25, -0.2) is 4.79 Å². The van der Waals surface area contributed by atoms with Gasteiger partial charge in [0.2, 0.25) is 0 Å². The van der Waals surface area contributed by atoms with Crippen molar-refractivity contribution in [1.29, 1.82) is 0 Å². The molecule has 3 heteroatoms. The molecule has 2 rings (SSSR count). The van der Waals surface area contributed by atoms with Crippen LogP contribution in [0, 0.1) is 0 Å². The van der Waals surface area contributed by atoms with Crippen LogP contribution in [0.15, 0.2) is 48.5 Å². The molecule has 0 saturated carbocycles. The van der Waals surface area contributed by atoms with Gasteiger partial charge >= 0.3 is 5.97 Å². The van der Waals surface area contributed by atoms with Crippen LogP contribution in [0.1, 0.15) is 63.2 Å². The van der Waals surface area contributed by atoms with Crippen molar-refractivity contribution in [3.05, 3.63) is 54.1 Å². The third-order valence-electron chi connectivity index (χ3n) is 4.46. The molecule has 0 fully saturated rings. The van der Waals surface area contributed by atoms with Crippen molar-refractivity contribution in [2.45, 2.75) is 59.0 Å². The lowest BCUT2D eigenvalue weighted by atomic mass is 10.0. The van der Waals surface area contributed by atoms with Crippen LogP contribution < -0.4 is 4.74 Å².